The topological polar surface area (TPSA) is 32.3 Å². The number of hydrogen-bond donors (Lipinski definition) is 1. The van der Waals surface area contributed by atoms with Crippen molar-refractivity contribution < 1.29 is 4.79 Å². The first kappa shape index (κ1) is 18.3. The number of carbonyl (C=O) groups is 1. The van der Waals surface area contributed by atoms with Crippen LogP contribution in [0.4, 0.5) is 0 Å². The van der Waals surface area contributed by atoms with Crippen LogP contribution in [0.5, 0.6) is 0 Å². The summed E-state index contributed by atoms with van der Waals surface area (Å²) >= 11 is 1.76. The van der Waals surface area contributed by atoms with Crippen LogP contribution < -0.4 is 5.32 Å². The van der Waals surface area contributed by atoms with Crippen LogP contribution in [-0.4, -0.2) is 35.2 Å². The van der Waals surface area contributed by atoms with Crippen molar-refractivity contribution in [2.24, 2.45) is 0 Å². The van der Waals surface area contributed by atoms with E-state index in [-0.39, 0.29) is 21.9 Å². The predicted octanol–water partition coefficient (Wildman–Crippen LogP) is 3.94. The second-order valence-corrected chi connectivity index (χ2v) is 9.07. The molecule has 0 radical (unpaired) electrons. The van der Waals surface area contributed by atoms with E-state index in [4.69, 9.17) is 0 Å². The Morgan fingerprint density at radius 2 is 1.83 bits per heavy atom. The molecule has 0 aliphatic carbocycles. The van der Waals surface area contributed by atoms with Crippen LogP contribution in [-0.2, 0) is 10.2 Å². The molecule has 1 aromatic carbocycles. The van der Waals surface area contributed by atoms with Crippen LogP contribution in [0.15, 0.2) is 24.3 Å². The van der Waals surface area contributed by atoms with Crippen LogP contribution in [0.2, 0.25) is 0 Å². The van der Waals surface area contributed by atoms with Crippen molar-refractivity contribution in [3.63, 3.8) is 0 Å². The van der Waals surface area contributed by atoms with Gasteiger partial charge in [-0.3, -0.25) is 4.79 Å². The predicted molar refractivity (Wildman–Crippen MR) is 99.8 cm³/mol. The molecule has 1 saturated heterocycles. The standard InChI is InChI=1S/C19H30N2OS/c1-13(2)20-11-12-21-17(22)14(3)23-18(21)15-7-9-16(10-8-15)19(4,5)6/h7-10,13-14,18,20H,11-12H2,1-6H3. The van der Waals surface area contributed by atoms with Gasteiger partial charge in [-0.1, -0.05) is 58.9 Å². The summed E-state index contributed by atoms with van der Waals surface area (Å²) < 4.78 is 0. The summed E-state index contributed by atoms with van der Waals surface area (Å²) in [6.45, 7) is 14.6. The maximum Gasteiger partial charge on any atom is 0.236 e. The van der Waals surface area contributed by atoms with E-state index >= 15 is 0 Å². The van der Waals surface area contributed by atoms with E-state index in [1.54, 1.807) is 11.8 Å². The maximum atomic E-state index is 12.5. The molecule has 3 nitrogen and oxygen atoms in total. The zero-order valence-electron chi connectivity index (χ0n) is 15.2. The zero-order chi connectivity index (χ0) is 17.2. The summed E-state index contributed by atoms with van der Waals surface area (Å²) in [6.07, 6.45) is 0. The van der Waals surface area contributed by atoms with Gasteiger partial charge in [0.2, 0.25) is 5.91 Å². The molecule has 1 aliphatic heterocycles. The molecule has 2 rings (SSSR count). The molecule has 1 N–H and O–H groups in total. The van der Waals surface area contributed by atoms with Crippen LogP contribution in [0.25, 0.3) is 0 Å². The lowest BCUT2D eigenvalue weighted by atomic mass is 9.86. The van der Waals surface area contributed by atoms with Crippen molar-refractivity contribution in [2.75, 3.05) is 13.1 Å². The summed E-state index contributed by atoms with van der Waals surface area (Å²) in [5, 5.41) is 3.59. The van der Waals surface area contributed by atoms with Gasteiger partial charge in [0.15, 0.2) is 0 Å². The molecule has 4 heteroatoms. The first-order valence-corrected chi connectivity index (χ1v) is 9.44. The molecule has 1 aliphatic rings. The number of rotatable bonds is 5. The summed E-state index contributed by atoms with van der Waals surface area (Å²) in [5.74, 6) is 0.255. The highest BCUT2D eigenvalue weighted by atomic mass is 32.2. The fourth-order valence-corrected chi connectivity index (χ4v) is 4.09. The third-order valence-electron chi connectivity index (χ3n) is 4.21. The largest absolute Gasteiger partial charge is 0.324 e. The maximum absolute atomic E-state index is 12.5. The van der Waals surface area contributed by atoms with Gasteiger partial charge in [0.25, 0.3) is 0 Å². The lowest BCUT2D eigenvalue weighted by Gasteiger charge is -2.26. The van der Waals surface area contributed by atoms with Gasteiger partial charge < -0.3 is 10.2 Å². The fraction of sp³-hybridized carbons (Fsp3) is 0.632. The number of benzene rings is 1. The van der Waals surface area contributed by atoms with Crippen LogP contribution in [0, 0.1) is 0 Å². The van der Waals surface area contributed by atoms with E-state index < -0.39 is 0 Å². The highest BCUT2D eigenvalue weighted by molar-refractivity contribution is 8.01. The minimum Gasteiger partial charge on any atom is -0.324 e. The molecule has 0 spiro atoms. The highest BCUT2D eigenvalue weighted by Crippen LogP contribution is 2.42. The quantitative estimate of drug-likeness (QED) is 0.885. The summed E-state index contributed by atoms with van der Waals surface area (Å²) in [4.78, 5) is 14.5. The fourth-order valence-electron chi connectivity index (χ4n) is 2.78. The van der Waals surface area contributed by atoms with Gasteiger partial charge in [-0.25, -0.2) is 0 Å². The van der Waals surface area contributed by atoms with Crippen LogP contribution in [0.1, 0.15) is 58.0 Å². The summed E-state index contributed by atoms with van der Waals surface area (Å²) in [7, 11) is 0. The molecule has 0 bridgehead atoms. The molecule has 1 aromatic rings. The minimum absolute atomic E-state index is 0.0429. The molecular weight excluding hydrogens is 304 g/mol. The Hall–Kier alpha value is -1.00. The monoisotopic (exact) mass is 334 g/mol. The van der Waals surface area contributed by atoms with Crippen LogP contribution >= 0.6 is 11.8 Å². The smallest absolute Gasteiger partial charge is 0.236 e. The molecular formula is C19H30N2OS. The molecule has 2 atom stereocenters. The number of carbonyl (C=O) groups excluding carboxylic acids is 1. The lowest BCUT2D eigenvalue weighted by Crippen LogP contribution is -2.38. The van der Waals surface area contributed by atoms with E-state index in [9.17, 15) is 4.79 Å². The number of hydrogen-bond acceptors (Lipinski definition) is 3. The van der Waals surface area contributed by atoms with Gasteiger partial charge in [0.05, 0.1) is 5.25 Å². The van der Waals surface area contributed by atoms with Crippen molar-refractivity contribution >= 4 is 17.7 Å². The number of nitrogens with zero attached hydrogens (tertiary/aromatic N) is 1. The van der Waals surface area contributed by atoms with Gasteiger partial charge in [-0.15, -0.1) is 11.8 Å². The number of nitrogens with one attached hydrogen (secondary N) is 1. The van der Waals surface area contributed by atoms with Crippen molar-refractivity contribution in [1.82, 2.24) is 10.2 Å². The van der Waals surface area contributed by atoms with E-state index in [2.05, 4.69) is 64.2 Å². The van der Waals surface area contributed by atoms with E-state index in [0.717, 1.165) is 13.1 Å². The summed E-state index contributed by atoms with van der Waals surface area (Å²) in [6, 6.07) is 9.23. The minimum atomic E-state index is 0.0429. The zero-order valence-corrected chi connectivity index (χ0v) is 16.0. The van der Waals surface area contributed by atoms with E-state index in [1.165, 1.54) is 11.1 Å². The third-order valence-corrected chi connectivity index (χ3v) is 5.61. The summed E-state index contributed by atoms with van der Waals surface area (Å²) in [5.41, 5.74) is 2.72. The Labute approximate surface area is 145 Å². The van der Waals surface area contributed by atoms with Crippen LogP contribution in [0.3, 0.4) is 0 Å². The van der Waals surface area contributed by atoms with Crippen molar-refractivity contribution in [1.29, 1.82) is 0 Å². The Bertz CT molecular complexity index is 533. The van der Waals surface area contributed by atoms with Gasteiger partial charge in [-0.2, -0.15) is 0 Å². The Kier molecular flexibility index (Phi) is 5.79. The molecule has 128 valence electrons. The van der Waals surface area contributed by atoms with Crippen molar-refractivity contribution in [3.8, 4) is 0 Å². The molecule has 1 fully saturated rings. The van der Waals surface area contributed by atoms with Crippen molar-refractivity contribution in [2.45, 2.75) is 63.6 Å². The van der Waals surface area contributed by atoms with Gasteiger partial charge in [0, 0.05) is 19.1 Å². The average Bonchev–Trinajstić information content (AvgIpc) is 2.74. The number of amides is 1. The van der Waals surface area contributed by atoms with Gasteiger partial charge in [0.1, 0.15) is 5.37 Å². The van der Waals surface area contributed by atoms with E-state index in [0.29, 0.717) is 6.04 Å². The Morgan fingerprint density at radius 1 is 1.22 bits per heavy atom. The lowest BCUT2D eigenvalue weighted by molar-refractivity contribution is -0.129. The molecule has 23 heavy (non-hydrogen) atoms. The molecule has 2 unspecified atom stereocenters. The first-order chi connectivity index (χ1) is 10.7. The Morgan fingerprint density at radius 3 is 2.35 bits per heavy atom. The first-order valence-electron chi connectivity index (χ1n) is 8.50. The average molecular weight is 335 g/mol. The molecule has 0 saturated carbocycles. The third kappa shape index (κ3) is 4.51. The van der Waals surface area contributed by atoms with E-state index in [1.807, 2.05) is 11.8 Å². The molecule has 1 heterocycles. The van der Waals surface area contributed by atoms with Gasteiger partial charge in [-0.05, 0) is 23.5 Å². The molecule has 0 aromatic heterocycles. The normalized spacial score (nSPS) is 22.2. The highest BCUT2D eigenvalue weighted by Gasteiger charge is 2.38. The van der Waals surface area contributed by atoms with Crippen molar-refractivity contribution in [3.05, 3.63) is 35.4 Å². The second kappa shape index (κ2) is 7.27. The Balaban J connectivity index is 2.13. The number of thioether (sulfide) groups is 1. The molecule has 1 amide bonds. The SMILES string of the molecule is CC(C)NCCN1C(=O)C(C)SC1c1ccc(C(C)(C)C)cc1. The van der Waals surface area contributed by atoms with Gasteiger partial charge >= 0.3 is 0 Å². The second-order valence-electron chi connectivity index (χ2n) is 7.64.